The highest BCUT2D eigenvalue weighted by Crippen LogP contribution is 2.46. The van der Waals surface area contributed by atoms with Crippen molar-refractivity contribution in [3.8, 4) is 5.75 Å². The average molecular weight is 388 g/mol. The van der Waals surface area contributed by atoms with E-state index in [1.165, 1.54) is 21.5 Å². The second-order valence-electron chi connectivity index (χ2n) is 8.61. The van der Waals surface area contributed by atoms with E-state index < -0.39 is 6.04 Å². The fraction of sp³-hybridized carbons (Fsp3) is 0.261. The van der Waals surface area contributed by atoms with Crippen molar-refractivity contribution in [2.45, 2.75) is 32.7 Å². The molecule has 6 nitrogen and oxygen atoms in total. The van der Waals surface area contributed by atoms with Crippen LogP contribution in [0.4, 0.5) is 0 Å². The number of phenols is 1. The molecule has 2 heterocycles. The molecule has 0 bridgehead atoms. The van der Waals surface area contributed by atoms with Crippen molar-refractivity contribution in [2.75, 3.05) is 0 Å². The van der Waals surface area contributed by atoms with Gasteiger partial charge in [-0.15, -0.1) is 0 Å². The third-order valence-electron chi connectivity index (χ3n) is 5.88. The van der Waals surface area contributed by atoms with Gasteiger partial charge in [-0.25, -0.2) is 9.36 Å². The van der Waals surface area contributed by atoms with Crippen LogP contribution in [0.15, 0.2) is 63.7 Å². The first-order valence-corrected chi connectivity index (χ1v) is 9.61. The lowest BCUT2D eigenvalue weighted by molar-refractivity contribution is -0.118. The fourth-order valence-electron chi connectivity index (χ4n) is 4.66. The lowest BCUT2D eigenvalue weighted by Crippen LogP contribution is -2.37. The second-order valence-corrected chi connectivity index (χ2v) is 8.61. The minimum atomic E-state index is -0.681. The molecule has 0 spiro atoms. The number of carbonyl (C=O) groups excluding carboxylic acids is 1. The van der Waals surface area contributed by atoms with Crippen LogP contribution in [0.2, 0.25) is 0 Å². The van der Waals surface area contributed by atoms with E-state index in [2.05, 4.69) is 0 Å². The Kier molecular flexibility index (Phi) is 3.53. The Morgan fingerprint density at radius 2 is 1.52 bits per heavy atom. The Morgan fingerprint density at radius 1 is 0.897 bits per heavy atom. The van der Waals surface area contributed by atoms with Crippen LogP contribution in [-0.2, 0) is 4.79 Å². The smallest absolute Gasteiger partial charge is 0.277 e. The Hall–Kier alpha value is -3.41. The van der Waals surface area contributed by atoms with Gasteiger partial charge in [-0.3, -0.25) is 14.4 Å². The van der Waals surface area contributed by atoms with Gasteiger partial charge in [-0.2, -0.15) is 0 Å². The molecule has 2 aromatic carbocycles. The first-order valence-electron chi connectivity index (χ1n) is 9.61. The topological polar surface area (TPSA) is 81.3 Å². The van der Waals surface area contributed by atoms with Gasteiger partial charge in [0.05, 0.1) is 16.5 Å². The fourth-order valence-corrected chi connectivity index (χ4v) is 4.66. The summed E-state index contributed by atoms with van der Waals surface area (Å²) in [6.07, 6.45) is 0.887. The monoisotopic (exact) mass is 388 g/mol. The van der Waals surface area contributed by atoms with Crippen molar-refractivity contribution in [1.29, 1.82) is 0 Å². The highest BCUT2D eigenvalue weighted by atomic mass is 16.3. The largest absolute Gasteiger partial charge is 0.508 e. The van der Waals surface area contributed by atoms with Gasteiger partial charge in [0, 0.05) is 12.0 Å². The molecular formula is C23H20N2O4. The zero-order chi connectivity index (χ0) is 20.5. The van der Waals surface area contributed by atoms with Crippen LogP contribution < -0.4 is 11.1 Å². The van der Waals surface area contributed by atoms with Crippen LogP contribution in [-0.4, -0.2) is 20.3 Å². The highest BCUT2D eigenvalue weighted by Gasteiger charge is 2.44. The number of fused-ring (bicyclic) bond motifs is 3. The number of aromatic hydroxyl groups is 1. The van der Waals surface area contributed by atoms with E-state index in [1.54, 1.807) is 36.4 Å². The predicted molar refractivity (Wildman–Crippen MR) is 110 cm³/mol. The van der Waals surface area contributed by atoms with E-state index in [-0.39, 0.29) is 28.1 Å². The molecular weight excluding hydrogens is 368 g/mol. The maximum absolute atomic E-state index is 13.5. The number of carbonyl (C=O) groups is 1. The van der Waals surface area contributed by atoms with Crippen molar-refractivity contribution in [2.24, 2.45) is 5.41 Å². The van der Waals surface area contributed by atoms with Crippen molar-refractivity contribution in [3.63, 3.8) is 0 Å². The number of nitrogens with zero attached hydrogens (tertiary/aromatic N) is 2. The van der Waals surface area contributed by atoms with Gasteiger partial charge in [-0.05, 0) is 41.7 Å². The molecule has 1 aliphatic heterocycles. The number of hydrogen-bond acceptors (Lipinski definition) is 4. The van der Waals surface area contributed by atoms with Crippen molar-refractivity contribution >= 4 is 22.3 Å². The lowest BCUT2D eigenvalue weighted by Gasteiger charge is -2.30. The molecule has 0 saturated heterocycles. The molecule has 6 heteroatoms. The van der Waals surface area contributed by atoms with Crippen molar-refractivity contribution in [1.82, 2.24) is 9.36 Å². The Morgan fingerprint density at radius 3 is 2.17 bits per heavy atom. The molecule has 1 aromatic heterocycles. The SMILES string of the molecule is CC1(C)CC(=O)C2=C(C1)n1c(=O)c3ccccc3c(=O)n1C2c1ccc(O)cc1. The van der Waals surface area contributed by atoms with Crippen LogP contribution in [0, 0.1) is 5.41 Å². The van der Waals surface area contributed by atoms with E-state index in [4.69, 9.17) is 0 Å². The summed E-state index contributed by atoms with van der Waals surface area (Å²) < 4.78 is 2.83. The quantitative estimate of drug-likeness (QED) is 0.695. The molecule has 3 aromatic rings. The van der Waals surface area contributed by atoms with Gasteiger partial charge >= 0.3 is 0 Å². The summed E-state index contributed by atoms with van der Waals surface area (Å²) in [5.74, 6) is 0.0497. The highest BCUT2D eigenvalue weighted by molar-refractivity contribution is 6.04. The molecule has 0 amide bonds. The predicted octanol–water partition coefficient (Wildman–Crippen LogP) is 3.07. The molecule has 1 N–H and O–H groups in total. The molecule has 0 fully saturated rings. The number of ketones is 1. The number of aromatic nitrogens is 2. The van der Waals surface area contributed by atoms with Crippen LogP contribution in [0.1, 0.15) is 38.3 Å². The summed E-state index contributed by atoms with van der Waals surface area (Å²) in [4.78, 5) is 40.0. The average Bonchev–Trinajstić information content (AvgIpc) is 3.01. The third-order valence-corrected chi connectivity index (χ3v) is 5.88. The Labute approximate surface area is 166 Å². The molecule has 1 atom stereocenters. The normalized spacial score (nSPS) is 20.1. The van der Waals surface area contributed by atoms with Gasteiger partial charge in [0.15, 0.2) is 5.78 Å². The summed E-state index contributed by atoms with van der Waals surface area (Å²) >= 11 is 0. The summed E-state index contributed by atoms with van der Waals surface area (Å²) in [7, 11) is 0. The van der Waals surface area contributed by atoms with Gasteiger partial charge in [-0.1, -0.05) is 38.1 Å². The first-order chi connectivity index (χ1) is 13.8. The first kappa shape index (κ1) is 17.7. The molecule has 146 valence electrons. The maximum atomic E-state index is 13.5. The summed E-state index contributed by atoms with van der Waals surface area (Å²) in [6, 6.07) is 12.5. The molecule has 0 radical (unpaired) electrons. The van der Waals surface area contributed by atoms with Crippen LogP contribution in [0.5, 0.6) is 5.75 Å². The number of phenolic OH excluding ortho intramolecular Hbond substituents is 1. The van der Waals surface area contributed by atoms with Gasteiger partial charge < -0.3 is 5.11 Å². The number of rotatable bonds is 1. The number of hydrogen-bond donors (Lipinski definition) is 1. The van der Waals surface area contributed by atoms with E-state index in [0.29, 0.717) is 40.4 Å². The van der Waals surface area contributed by atoms with Crippen molar-refractivity contribution < 1.29 is 9.90 Å². The second kappa shape index (κ2) is 5.80. The summed E-state index contributed by atoms with van der Waals surface area (Å²) in [6.45, 7) is 3.99. The zero-order valence-electron chi connectivity index (χ0n) is 16.2. The molecule has 5 rings (SSSR count). The minimum absolute atomic E-state index is 0.0478. The van der Waals surface area contributed by atoms with Crippen LogP contribution >= 0.6 is 0 Å². The number of benzene rings is 2. The zero-order valence-corrected chi connectivity index (χ0v) is 16.2. The van der Waals surface area contributed by atoms with Gasteiger partial charge in [0.25, 0.3) is 11.1 Å². The van der Waals surface area contributed by atoms with Crippen molar-refractivity contribution in [3.05, 3.63) is 80.4 Å². The van der Waals surface area contributed by atoms with Gasteiger partial charge in [0.1, 0.15) is 11.8 Å². The molecule has 1 aliphatic carbocycles. The van der Waals surface area contributed by atoms with E-state index in [0.717, 1.165) is 0 Å². The van der Waals surface area contributed by atoms with Crippen LogP contribution in [0.3, 0.4) is 0 Å². The number of Topliss-reactive ketones (excluding diaryl/α,β-unsaturated/α-hetero) is 1. The molecule has 1 unspecified atom stereocenters. The Balaban J connectivity index is 1.92. The number of allylic oxidation sites excluding steroid dienone is 2. The third kappa shape index (κ3) is 2.45. The standard InChI is InChI=1S/C23H20N2O4/c1-23(2)11-17-19(18(27)12-23)20(13-7-9-14(26)10-8-13)25-22(29)16-6-4-3-5-15(16)21(28)24(17)25/h3-10,20,26H,11-12H2,1-2H3. The van der Waals surface area contributed by atoms with E-state index in [1.807, 2.05) is 13.8 Å². The Bertz CT molecular complexity index is 1340. The molecule has 29 heavy (non-hydrogen) atoms. The van der Waals surface area contributed by atoms with Crippen LogP contribution in [0.25, 0.3) is 16.5 Å². The van der Waals surface area contributed by atoms with E-state index in [9.17, 15) is 19.5 Å². The summed E-state index contributed by atoms with van der Waals surface area (Å²) in [5, 5.41) is 10.4. The van der Waals surface area contributed by atoms with Gasteiger partial charge in [0.2, 0.25) is 0 Å². The molecule has 0 saturated carbocycles. The maximum Gasteiger partial charge on any atom is 0.277 e. The summed E-state index contributed by atoms with van der Waals surface area (Å²) in [5.41, 5.74) is 0.900. The lowest BCUT2D eigenvalue weighted by atomic mass is 9.74. The van der Waals surface area contributed by atoms with E-state index >= 15 is 0 Å². The minimum Gasteiger partial charge on any atom is -0.508 e. The molecule has 2 aliphatic rings.